The Kier molecular flexibility index (Phi) is 5.76. The normalized spacial score (nSPS) is 10.4. The maximum atomic E-state index is 12.3. The molecule has 0 bridgehead atoms. The minimum atomic E-state index is -0.484. The molecule has 1 aromatic carbocycles. The number of benzene rings is 1. The molecule has 24 heavy (non-hydrogen) atoms. The van der Waals surface area contributed by atoms with Crippen molar-refractivity contribution in [3.05, 3.63) is 52.7 Å². The summed E-state index contributed by atoms with van der Waals surface area (Å²) < 4.78 is 10.1. The Morgan fingerprint density at radius 2 is 1.92 bits per heavy atom. The van der Waals surface area contributed by atoms with Gasteiger partial charge in [-0.15, -0.1) is 0 Å². The maximum absolute atomic E-state index is 12.3. The molecule has 0 radical (unpaired) electrons. The van der Waals surface area contributed by atoms with E-state index >= 15 is 0 Å². The van der Waals surface area contributed by atoms with Crippen molar-refractivity contribution in [2.45, 2.75) is 20.0 Å². The molecule has 7 heteroatoms. The molecule has 1 aromatic heterocycles. The van der Waals surface area contributed by atoms with Crippen molar-refractivity contribution in [2.24, 2.45) is 0 Å². The minimum Gasteiger partial charge on any atom is -0.481 e. The number of aromatic nitrogens is 1. The zero-order valence-electron chi connectivity index (χ0n) is 13.5. The topological polar surface area (TPSA) is 77.5 Å². The Labute approximate surface area is 144 Å². The Morgan fingerprint density at radius 3 is 2.58 bits per heavy atom. The summed E-state index contributed by atoms with van der Waals surface area (Å²) in [6.07, 6.45) is 1.22. The van der Waals surface area contributed by atoms with Gasteiger partial charge in [0, 0.05) is 17.8 Å². The number of halogens is 1. The van der Waals surface area contributed by atoms with Gasteiger partial charge in [-0.1, -0.05) is 11.6 Å². The number of nitrogens with zero attached hydrogens (tertiary/aromatic N) is 1. The molecule has 2 rings (SSSR count). The molecule has 1 amide bonds. The maximum Gasteiger partial charge on any atom is 0.338 e. The van der Waals surface area contributed by atoms with Crippen LogP contribution in [0.4, 0.5) is 5.69 Å². The van der Waals surface area contributed by atoms with Crippen LogP contribution < -0.4 is 10.1 Å². The fourth-order valence-electron chi connectivity index (χ4n) is 1.89. The highest BCUT2D eigenvalue weighted by molar-refractivity contribution is 6.34. The number of hydrogen-bond donors (Lipinski definition) is 1. The first-order valence-corrected chi connectivity index (χ1v) is 7.60. The molecule has 2 aromatic rings. The number of ether oxygens (including phenoxy) is 2. The third-order valence-corrected chi connectivity index (χ3v) is 3.33. The predicted molar refractivity (Wildman–Crippen MR) is 90.7 cm³/mol. The van der Waals surface area contributed by atoms with Gasteiger partial charge in [0.05, 0.1) is 29.5 Å². The lowest BCUT2D eigenvalue weighted by atomic mass is 10.2. The van der Waals surface area contributed by atoms with Crippen LogP contribution in [0.15, 0.2) is 36.5 Å². The number of hydrogen-bond acceptors (Lipinski definition) is 5. The monoisotopic (exact) mass is 348 g/mol. The van der Waals surface area contributed by atoms with Gasteiger partial charge in [0.15, 0.2) is 0 Å². The number of esters is 1. The first-order chi connectivity index (χ1) is 11.4. The van der Waals surface area contributed by atoms with Crippen molar-refractivity contribution in [2.75, 3.05) is 12.4 Å². The highest BCUT2D eigenvalue weighted by atomic mass is 35.5. The fraction of sp³-hybridized carbons (Fsp3) is 0.235. The highest BCUT2D eigenvalue weighted by Gasteiger charge is 2.14. The number of amides is 1. The largest absolute Gasteiger partial charge is 0.481 e. The quantitative estimate of drug-likeness (QED) is 0.836. The number of nitrogens with one attached hydrogen (secondary N) is 1. The van der Waals surface area contributed by atoms with Crippen LogP contribution in [0.2, 0.25) is 5.02 Å². The smallest absolute Gasteiger partial charge is 0.338 e. The zero-order valence-corrected chi connectivity index (χ0v) is 14.3. The molecule has 1 N–H and O–H groups in total. The molecular formula is C17H17ClN2O4. The first kappa shape index (κ1) is 17.7. The first-order valence-electron chi connectivity index (χ1n) is 7.22. The summed E-state index contributed by atoms with van der Waals surface area (Å²) in [5, 5.41) is 2.98. The molecule has 0 saturated heterocycles. The summed E-state index contributed by atoms with van der Waals surface area (Å²) in [6.45, 7) is 3.51. The molecule has 0 fully saturated rings. The van der Waals surface area contributed by atoms with E-state index in [9.17, 15) is 9.59 Å². The molecule has 0 saturated carbocycles. The van der Waals surface area contributed by atoms with Crippen LogP contribution in [0.25, 0.3) is 0 Å². The number of carbonyl (C=O) groups excluding carboxylic acids is 2. The van der Waals surface area contributed by atoms with Crippen LogP contribution in [0.3, 0.4) is 0 Å². The minimum absolute atomic E-state index is 0.240. The van der Waals surface area contributed by atoms with E-state index in [0.717, 1.165) is 0 Å². The summed E-state index contributed by atoms with van der Waals surface area (Å²) in [5.74, 6) is -0.558. The summed E-state index contributed by atoms with van der Waals surface area (Å²) in [6, 6.07) is 7.59. The van der Waals surface area contributed by atoms with E-state index in [1.807, 2.05) is 0 Å². The lowest BCUT2D eigenvalue weighted by Crippen LogP contribution is -2.15. The molecule has 1 heterocycles. The van der Waals surface area contributed by atoms with E-state index in [2.05, 4.69) is 10.3 Å². The average molecular weight is 349 g/mol. The second-order valence-electron chi connectivity index (χ2n) is 5.19. The second kappa shape index (κ2) is 7.79. The summed E-state index contributed by atoms with van der Waals surface area (Å²) in [5.41, 5.74) is 0.972. The van der Waals surface area contributed by atoms with Crippen molar-refractivity contribution in [1.29, 1.82) is 0 Å². The molecule has 0 unspecified atom stereocenters. The van der Waals surface area contributed by atoms with Gasteiger partial charge < -0.3 is 14.8 Å². The van der Waals surface area contributed by atoms with E-state index in [0.29, 0.717) is 27.7 Å². The Balaban J connectivity index is 2.22. The van der Waals surface area contributed by atoms with Crippen molar-refractivity contribution < 1.29 is 19.1 Å². The number of rotatable bonds is 5. The van der Waals surface area contributed by atoms with Gasteiger partial charge >= 0.3 is 5.97 Å². The molecule has 0 spiro atoms. The zero-order chi connectivity index (χ0) is 17.7. The van der Waals surface area contributed by atoms with E-state index < -0.39 is 11.9 Å². The van der Waals surface area contributed by atoms with Crippen LogP contribution >= 0.6 is 11.6 Å². The van der Waals surface area contributed by atoms with Crippen molar-refractivity contribution in [3.63, 3.8) is 0 Å². The van der Waals surface area contributed by atoms with Crippen molar-refractivity contribution in [3.8, 4) is 5.88 Å². The Bertz CT molecular complexity index is 762. The number of pyridine rings is 1. The molecule has 0 aliphatic carbocycles. The Morgan fingerprint density at radius 1 is 1.17 bits per heavy atom. The predicted octanol–water partition coefficient (Wildman–Crippen LogP) is 3.56. The number of methoxy groups -OCH3 is 1. The molecule has 126 valence electrons. The third-order valence-electron chi connectivity index (χ3n) is 3.00. The lowest BCUT2D eigenvalue weighted by molar-refractivity contribution is 0.0378. The van der Waals surface area contributed by atoms with Gasteiger partial charge in [-0.25, -0.2) is 9.78 Å². The number of carbonyl (C=O) groups is 2. The summed E-state index contributed by atoms with van der Waals surface area (Å²) in [4.78, 5) is 28.2. The molecule has 6 nitrogen and oxygen atoms in total. The van der Waals surface area contributed by atoms with Gasteiger partial charge in [-0.2, -0.15) is 0 Å². The third kappa shape index (κ3) is 4.45. The average Bonchev–Trinajstić information content (AvgIpc) is 2.56. The van der Waals surface area contributed by atoms with Crippen LogP contribution in [-0.2, 0) is 4.74 Å². The van der Waals surface area contributed by atoms with E-state index in [1.165, 1.54) is 37.6 Å². The van der Waals surface area contributed by atoms with Gasteiger partial charge in [-0.3, -0.25) is 4.79 Å². The second-order valence-corrected chi connectivity index (χ2v) is 5.60. The standard InChI is InChI=1S/C17H17ClN2O4/c1-10(2)24-17(22)12-4-5-13(18)14(8-12)20-16(21)11-6-7-19-15(9-11)23-3/h4-10H,1-3H3,(H,20,21). The van der Waals surface area contributed by atoms with E-state index in [1.54, 1.807) is 19.9 Å². The molecule has 0 aliphatic heterocycles. The van der Waals surface area contributed by atoms with Crippen molar-refractivity contribution in [1.82, 2.24) is 4.98 Å². The van der Waals surface area contributed by atoms with Gasteiger partial charge in [0.1, 0.15) is 0 Å². The van der Waals surface area contributed by atoms with Crippen LogP contribution in [0.1, 0.15) is 34.6 Å². The highest BCUT2D eigenvalue weighted by Crippen LogP contribution is 2.24. The van der Waals surface area contributed by atoms with Gasteiger partial charge in [-0.05, 0) is 38.1 Å². The van der Waals surface area contributed by atoms with Gasteiger partial charge in [0.25, 0.3) is 5.91 Å². The molecular weight excluding hydrogens is 332 g/mol. The van der Waals surface area contributed by atoms with Crippen LogP contribution in [-0.4, -0.2) is 30.1 Å². The molecule has 0 atom stereocenters. The van der Waals surface area contributed by atoms with Crippen molar-refractivity contribution >= 4 is 29.2 Å². The summed E-state index contributed by atoms with van der Waals surface area (Å²) in [7, 11) is 1.46. The fourth-order valence-corrected chi connectivity index (χ4v) is 2.05. The van der Waals surface area contributed by atoms with Crippen LogP contribution in [0, 0.1) is 0 Å². The SMILES string of the molecule is COc1cc(C(=O)Nc2cc(C(=O)OC(C)C)ccc2Cl)ccn1. The van der Waals surface area contributed by atoms with E-state index in [-0.39, 0.29) is 6.10 Å². The summed E-state index contributed by atoms with van der Waals surface area (Å²) >= 11 is 6.09. The molecule has 0 aliphatic rings. The van der Waals surface area contributed by atoms with Gasteiger partial charge in [0.2, 0.25) is 5.88 Å². The number of anilines is 1. The van der Waals surface area contributed by atoms with Crippen LogP contribution in [0.5, 0.6) is 5.88 Å². The Hall–Kier alpha value is -2.60. The van der Waals surface area contributed by atoms with E-state index in [4.69, 9.17) is 21.1 Å². The lowest BCUT2D eigenvalue weighted by Gasteiger charge is -2.11.